The zero-order chi connectivity index (χ0) is 13.0. The number of hydrogen-bond acceptors (Lipinski definition) is 1. The molecule has 1 nitrogen and oxygen atoms in total. The van der Waals surface area contributed by atoms with Gasteiger partial charge in [-0.15, -0.1) is 0 Å². The molecule has 18 heavy (non-hydrogen) atoms. The summed E-state index contributed by atoms with van der Waals surface area (Å²) in [5.41, 5.74) is 2.76. The predicted octanol–water partition coefficient (Wildman–Crippen LogP) is 3.77. The van der Waals surface area contributed by atoms with Gasteiger partial charge in [0.15, 0.2) is 0 Å². The second-order valence-corrected chi connectivity index (χ2v) is 5.00. The van der Waals surface area contributed by atoms with Crippen molar-refractivity contribution in [3.63, 3.8) is 0 Å². The van der Waals surface area contributed by atoms with Crippen LogP contribution in [0.5, 0.6) is 0 Å². The van der Waals surface area contributed by atoms with E-state index in [1.165, 1.54) is 11.1 Å². The van der Waals surface area contributed by atoms with Crippen molar-refractivity contribution in [3.8, 4) is 0 Å². The molecule has 1 unspecified atom stereocenters. The van der Waals surface area contributed by atoms with E-state index in [2.05, 4.69) is 86.6 Å². The molecular formula is C17H21N. The van der Waals surface area contributed by atoms with Gasteiger partial charge in [0, 0.05) is 12.0 Å². The highest BCUT2D eigenvalue weighted by Gasteiger charge is 2.22. The summed E-state index contributed by atoms with van der Waals surface area (Å²) in [7, 11) is 4.28. The van der Waals surface area contributed by atoms with E-state index in [4.69, 9.17) is 0 Å². The molecule has 0 aliphatic heterocycles. The van der Waals surface area contributed by atoms with Crippen molar-refractivity contribution in [2.75, 3.05) is 14.1 Å². The van der Waals surface area contributed by atoms with Crippen LogP contribution in [0.1, 0.15) is 24.0 Å². The van der Waals surface area contributed by atoms with Crippen molar-refractivity contribution in [2.24, 2.45) is 0 Å². The number of rotatable bonds is 4. The van der Waals surface area contributed by atoms with Crippen molar-refractivity contribution in [1.29, 1.82) is 0 Å². The van der Waals surface area contributed by atoms with E-state index in [-0.39, 0.29) is 0 Å². The molecule has 0 aromatic heterocycles. The highest BCUT2D eigenvalue weighted by Crippen LogP contribution is 2.29. The van der Waals surface area contributed by atoms with Crippen LogP contribution in [0.4, 0.5) is 0 Å². The molecule has 0 fully saturated rings. The van der Waals surface area contributed by atoms with Gasteiger partial charge in [-0.05, 0) is 32.1 Å². The molecule has 94 valence electrons. The molecule has 0 saturated heterocycles. The van der Waals surface area contributed by atoms with Crippen molar-refractivity contribution in [3.05, 3.63) is 71.8 Å². The molecule has 0 aliphatic carbocycles. The minimum absolute atomic E-state index is 0.419. The van der Waals surface area contributed by atoms with Gasteiger partial charge in [-0.1, -0.05) is 60.7 Å². The van der Waals surface area contributed by atoms with E-state index in [9.17, 15) is 0 Å². The average Bonchev–Trinajstić information content (AvgIpc) is 2.41. The zero-order valence-corrected chi connectivity index (χ0v) is 11.4. The predicted molar refractivity (Wildman–Crippen MR) is 77.9 cm³/mol. The molecular weight excluding hydrogens is 218 g/mol. The third-order valence-corrected chi connectivity index (χ3v) is 3.61. The molecule has 0 radical (unpaired) electrons. The number of benzene rings is 2. The van der Waals surface area contributed by atoms with Gasteiger partial charge in [-0.2, -0.15) is 0 Å². The summed E-state index contributed by atoms with van der Waals surface area (Å²) >= 11 is 0. The van der Waals surface area contributed by atoms with Gasteiger partial charge in [0.1, 0.15) is 0 Å². The number of hydrogen-bond donors (Lipinski definition) is 0. The second-order valence-electron chi connectivity index (χ2n) is 5.00. The third kappa shape index (κ3) is 2.80. The summed E-state index contributed by atoms with van der Waals surface area (Å²) in [5.74, 6) is 0.419. The fraction of sp³-hybridized carbons (Fsp3) is 0.294. The first-order chi connectivity index (χ1) is 8.70. The zero-order valence-electron chi connectivity index (χ0n) is 11.4. The summed E-state index contributed by atoms with van der Waals surface area (Å²) < 4.78 is 0. The number of nitrogens with zero attached hydrogens (tertiary/aromatic N) is 1. The van der Waals surface area contributed by atoms with Crippen LogP contribution >= 0.6 is 0 Å². The highest BCUT2D eigenvalue weighted by atomic mass is 15.1. The average molecular weight is 239 g/mol. The maximum atomic E-state index is 2.28. The third-order valence-electron chi connectivity index (χ3n) is 3.61. The van der Waals surface area contributed by atoms with Gasteiger partial charge in [-0.25, -0.2) is 0 Å². The maximum absolute atomic E-state index is 2.28. The van der Waals surface area contributed by atoms with Crippen LogP contribution in [-0.2, 0) is 0 Å². The van der Waals surface area contributed by atoms with Gasteiger partial charge in [0.25, 0.3) is 0 Å². The van der Waals surface area contributed by atoms with E-state index in [0.29, 0.717) is 12.0 Å². The summed E-state index contributed by atoms with van der Waals surface area (Å²) in [6.45, 7) is 2.28. The molecule has 1 atom stereocenters. The molecule has 0 aliphatic rings. The Bertz CT molecular complexity index is 422. The van der Waals surface area contributed by atoms with Crippen LogP contribution in [0.2, 0.25) is 0 Å². The lowest BCUT2D eigenvalue weighted by atomic mass is 9.85. The van der Waals surface area contributed by atoms with Crippen LogP contribution < -0.4 is 0 Å². The molecule has 0 amide bonds. The van der Waals surface area contributed by atoms with Crippen LogP contribution in [0.15, 0.2) is 60.7 Å². The Labute approximate surface area is 110 Å². The topological polar surface area (TPSA) is 3.24 Å². The smallest absolute Gasteiger partial charge is 0.0242 e. The van der Waals surface area contributed by atoms with Gasteiger partial charge >= 0.3 is 0 Å². The van der Waals surface area contributed by atoms with Gasteiger partial charge in [-0.3, -0.25) is 0 Å². The Morgan fingerprint density at radius 3 is 1.44 bits per heavy atom. The summed E-state index contributed by atoms with van der Waals surface area (Å²) in [4.78, 5) is 2.28. The minimum atomic E-state index is 0.419. The molecule has 2 rings (SSSR count). The SMILES string of the molecule is CC(C(c1ccccc1)c1ccccc1)N(C)C. The largest absolute Gasteiger partial charge is 0.306 e. The van der Waals surface area contributed by atoms with Crippen LogP contribution in [0, 0.1) is 0 Å². The quantitative estimate of drug-likeness (QED) is 0.785. The molecule has 1 heteroatoms. The van der Waals surface area contributed by atoms with Crippen LogP contribution in [0.25, 0.3) is 0 Å². The number of likely N-dealkylation sites (N-methyl/N-ethyl adjacent to an activating group) is 1. The summed E-state index contributed by atoms with van der Waals surface area (Å²) in [5, 5.41) is 0. The highest BCUT2D eigenvalue weighted by molar-refractivity contribution is 5.34. The standard InChI is InChI=1S/C17H21N/c1-14(18(2)3)17(15-10-6-4-7-11-15)16-12-8-5-9-13-16/h4-14,17H,1-3H3. The normalized spacial score (nSPS) is 12.9. The molecule has 0 bridgehead atoms. The lowest BCUT2D eigenvalue weighted by Crippen LogP contribution is -2.31. The van der Waals surface area contributed by atoms with Gasteiger partial charge < -0.3 is 4.90 Å². The van der Waals surface area contributed by atoms with Crippen LogP contribution in [0.3, 0.4) is 0 Å². The lowest BCUT2D eigenvalue weighted by molar-refractivity contribution is 0.289. The van der Waals surface area contributed by atoms with Crippen molar-refractivity contribution >= 4 is 0 Å². The Morgan fingerprint density at radius 1 is 0.722 bits per heavy atom. The minimum Gasteiger partial charge on any atom is -0.306 e. The maximum Gasteiger partial charge on any atom is 0.0242 e. The van der Waals surface area contributed by atoms with E-state index >= 15 is 0 Å². The van der Waals surface area contributed by atoms with E-state index in [1.807, 2.05) is 0 Å². The summed E-state index contributed by atoms with van der Waals surface area (Å²) in [6, 6.07) is 22.0. The van der Waals surface area contributed by atoms with E-state index in [1.54, 1.807) is 0 Å². The Balaban J connectivity index is 2.42. The van der Waals surface area contributed by atoms with Crippen LogP contribution in [-0.4, -0.2) is 25.0 Å². The first kappa shape index (κ1) is 12.8. The van der Waals surface area contributed by atoms with E-state index < -0.39 is 0 Å². The lowest BCUT2D eigenvalue weighted by Gasteiger charge is -2.30. The van der Waals surface area contributed by atoms with Crippen molar-refractivity contribution in [1.82, 2.24) is 4.90 Å². The molecule has 0 spiro atoms. The fourth-order valence-electron chi connectivity index (χ4n) is 2.37. The molecule has 0 saturated carbocycles. The van der Waals surface area contributed by atoms with Gasteiger partial charge in [0.05, 0.1) is 0 Å². The summed E-state index contributed by atoms with van der Waals surface area (Å²) in [6.07, 6.45) is 0. The van der Waals surface area contributed by atoms with Crippen molar-refractivity contribution < 1.29 is 0 Å². The molecule has 2 aromatic carbocycles. The second kappa shape index (κ2) is 5.83. The first-order valence-corrected chi connectivity index (χ1v) is 6.46. The Hall–Kier alpha value is -1.60. The Kier molecular flexibility index (Phi) is 4.16. The Morgan fingerprint density at radius 2 is 1.11 bits per heavy atom. The molecule has 2 aromatic rings. The van der Waals surface area contributed by atoms with Gasteiger partial charge in [0.2, 0.25) is 0 Å². The van der Waals surface area contributed by atoms with Crippen molar-refractivity contribution in [2.45, 2.75) is 18.9 Å². The molecule has 0 N–H and O–H groups in total. The first-order valence-electron chi connectivity index (χ1n) is 6.46. The monoisotopic (exact) mass is 239 g/mol. The molecule has 0 heterocycles. The fourth-order valence-corrected chi connectivity index (χ4v) is 2.37. The van der Waals surface area contributed by atoms with E-state index in [0.717, 1.165) is 0 Å².